The van der Waals surface area contributed by atoms with Crippen LogP contribution in [0.15, 0.2) is 67.1 Å². The molecule has 0 amide bonds. The second kappa shape index (κ2) is 7.20. The highest BCUT2D eigenvalue weighted by atomic mass is 15.3. The van der Waals surface area contributed by atoms with E-state index in [0.29, 0.717) is 6.04 Å². The highest BCUT2D eigenvalue weighted by Gasteiger charge is 2.26. The lowest BCUT2D eigenvalue weighted by atomic mass is 10.1. The fraction of sp³-hybridized carbons (Fsp3) is 0.261. The van der Waals surface area contributed by atoms with Crippen molar-refractivity contribution in [3.63, 3.8) is 0 Å². The van der Waals surface area contributed by atoms with Gasteiger partial charge < -0.3 is 9.80 Å². The van der Waals surface area contributed by atoms with Crippen molar-refractivity contribution in [3.8, 4) is 5.69 Å². The summed E-state index contributed by atoms with van der Waals surface area (Å²) in [4.78, 5) is 14.0. The van der Waals surface area contributed by atoms with Crippen LogP contribution in [0.25, 0.3) is 16.7 Å². The Labute approximate surface area is 170 Å². The molecule has 2 aromatic carbocycles. The van der Waals surface area contributed by atoms with Crippen molar-refractivity contribution in [2.75, 3.05) is 29.4 Å². The molecular formula is C23H24N6. The number of aromatic nitrogens is 4. The second-order valence-electron chi connectivity index (χ2n) is 7.65. The van der Waals surface area contributed by atoms with Gasteiger partial charge in [-0.05, 0) is 38.1 Å². The number of piperazine rings is 1. The molecule has 1 aliphatic rings. The van der Waals surface area contributed by atoms with Gasteiger partial charge in [-0.25, -0.2) is 14.6 Å². The molecule has 0 spiro atoms. The van der Waals surface area contributed by atoms with Crippen molar-refractivity contribution in [3.05, 3.63) is 72.7 Å². The molecule has 1 fully saturated rings. The summed E-state index contributed by atoms with van der Waals surface area (Å²) in [5, 5.41) is 5.58. The molecule has 6 nitrogen and oxygen atoms in total. The first-order chi connectivity index (χ1) is 14.2. The summed E-state index contributed by atoms with van der Waals surface area (Å²) in [5.41, 5.74) is 4.42. The van der Waals surface area contributed by atoms with Crippen LogP contribution in [0.2, 0.25) is 0 Å². The monoisotopic (exact) mass is 384 g/mol. The minimum atomic E-state index is 0.389. The van der Waals surface area contributed by atoms with E-state index >= 15 is 0 Å². The predicted octanol–water partition coefficient (Wildman–Crippen LogP) is 3.84. The van der Waals surface area contributed by atoms with E-state index < -0.39 is 0 Å². The van der Waals surface area contributed by atoms with Crippen molar-refractivity contribution in [1.82, 2.24) is 19.7 Å². The quantitative estimate of drug-likeness (QED) is 0.537. The van der Waals surface area contributed by atoms with Crippen molar-refractivity contribution >= 4 is 22.5 Å². The number of hydrogen-bond donors (Lipinski definition) is 0. The lowest BCUT2D eigenvalue weighted by molar-refractivity contribution is 0.548. The van der Waals surface area contributed by atoms with E-state index in [2.05, 4.69) is 63.0 Å². The van der Waals surface area contributed by atoms with Crippen LogP contribution in [0, 0.1) is 6.92 Å². The normalized spacial score (nSPS) is 17.1. The zero-order valence-corrected chi connectivity index (χ0v) is 16.7. The van der Waals surface area contributed by atoms with Crippen LogP contribution in [0.5, 0.6) is 0 Å². The van der Waals surface area contributed by atoms with Crippen molar-refractivity contribution in [1.29, 1.82) is 0 Å². The molecule has 5 rings (SSSR count). The molecule has 29 heavy (non-hydrogen) atoms. The van der Waals surface area contributed by atoms with Gasteiger partial charge in [-0.15, -0.1) is 0 Å². The van der Waals surface area contributed by atoms with E-state index in [9.17, 15) is 0 Å². The largest absolute Gasteiger partial charge is 0.365 e. The number of hydrogen-bond acceptors (Lipinski definition) is 5. The van der Waals surface area contributed by atoms with Gasteiger partial charge in [0.15, 0.2) is 5.65 Å². The number of nitrogens with zero attached hydrogens (tertiary/aromatic N) is 6. The highest BCUT2D eigenvalue weighted by molar-refractivity contribution is 5.87. The summed E-state index contributed by atoms with van der Waals surface area (Å²) in [7, 11) is 0. The summed E-state index contributed by atoms with van der Waals surface area (Å²) in [6, 6.07) is 19.3. The molecule has 1 atom stereocenters. The van der Waals surface area contributed by atoms with Crippen molar-refractivity contribution < 1.29 is 0 Å². The van der Waals surface area contributed by atoms with Crippen molar-refractivity contribution in [2.24, 2.45) is 0 Å². The van der Waals surface area contributed by atoms with Crippen LogP contribution in [0.1, 0.15) is 12.5 Å². The van der Waals surface area contributed by atoms with Gasteiger partial charge in [0.05, 0.1) is 17.3 Å². The molecular weight excluding hydrogens is 360 g/mol. The first-order valence-corrected chi connectivity index (χ1v) is 10.0. The van der Waals surface area contributed by atoms with Gasteiger partial charge in [0, 0.05) is 31.4 Å². The zero-order valence-electron chi connectivity index (χ0n) is 16.7. The Balaban J connectivity index is 1.43. The molecule has 6 heteroatoms. The Morgan fingerprint density at radius 1 is 0.897 bits per heavy atom. The van der Waals surface area contributed by atoms with E-state index in [4.69, 9.17) is 0 Å². The van der Waals surface area contributed by atoms with Gasteiger partial charge in [-0.2, -0.15) is 5.10 Å². The van der Waals surface area contributed by atoms with Gasteiger partial charge in [-0.3, -0.25) is 0 Å². The maximum Gasteiger partial charge on any atom is 0.168 e. The average molecular weight is 384 g/mol. The SMILES string of the molecule is Cc1ccc(N2CCN(c3ncnc4c3cnn4-c3ccccc3)C[C@H]2C)cc1. The number of para-hydroxylation sites is 1. The van der Waals surface area contributed by atoms with Crippen LogP contribution in [-0.4, -0.2) is 45.4 Å². The molecule has 0 unspecified atom stereocenters. The number of fused-ring (bicyclic) bond motifs is 1. The topological polar surface area (TPSA) is 50.1 Å². The zero-order chi connectivity index (χ0) is 19.8. The van der Waals surface area contributed by atoms with E-state index in [-0.39, 0.29) is 0 Å². The standard InChI is InChI=1S/C23H24N6/c1-17-8-10-19(11-9-17)28-13-12-27(15-18(28)2)22-21-14-26-29(23(21)25-16-24-22)20-6-4-3-5-7-20/h3-11,14,16,18H,12-13,15H2,1-2H3/t18-/m1/s1. The summed E-state index contributed by atoms with van der Waals surface area (Å²) >= 11 is 0. The first kappa shape index (κ1) is 17.7. The smallest absolute Gasteiger partial charge is 0.168 e. The van der Waals surface area contributed by atoms with Crippen LogP contribution in [0.3, 0.4) is 0 Å². The van der Waals surface area contributed by atoms with Gasteiger partial charge in [-0.1, -0.05) is 35.9 Å². The Kier molecular flexibility index (Phi) is 4.39. The molecule has 2 aromatic heterocycles. The molecule has 3 heterocycles. The van der Waals surface area contributed by atoms with Gasteiger partial charge in [0.2, 0.25) is 0 Å². The van der Waals surface area contributed by atoms with Gasteiger partial charge in [0.1, 0.15) is 12.1 Å². The van der Waals surface area contributed by atoms with E-state index in [1.807, 2.05) is 41.2 Å². The molecule has 4 aromatic rings. The van der Waals surface area contributed by atoms with Crippen LogP contribution < -0.4 is 9.80 Å². The summed E-state index contributed by atoms with van der Waals surface area (Å²) < 4.78 is 1.88. The second-order valence-corrected chi connectivity index (χ2v) is 7.65. The van der Waals surface area contributed by atoms with Crippen LogP contribution >= 0.6 is 0 Å². The minimum absolute atomic E-state index is 0.389. The molecule has 1 saturated heterocycles. The highest BCUT2D eigenvalue weighted by Crippen LogP contribution is 2.28. The summed E-state index contributed by atoms with van der Waals surface area (Å²) in [6.07, 6.45) is 3.53. The predicted molar refractivity (Wildman–Crippen MR) is 117 cm³/mol. The maximum absolute atomic E-state index is 4.62. The summed E-state index contributed by atoms with van der Waals surface area (Å²) in [5.74, 6) is 0.965. The van der Waals surface area contributed by atoms with E-state index in [0.717, 1.165) is 42.2 Å². The van der Waals surface area contributed by atoms with E-state index in [1.54, 1.807) is 6.33 Å². The molecule has 0 saturated carbocycles. The fourth-order valence-corrected chi connectivity index (χ4v) is 4.11. The van der Waals surface area contributed by atoms with Gasteiger partial charge >= 0.3 is 0 Å². The molecule has 146 valence electrons. The third kappa shape index (κ3) is 3.20. The third-order valence-electron chi connectivity index (χ3n) is 5.64. The summed E-state index contributed by atoms with van der Waals surface area (Å²) in [6.45, 7) is 7.19. The maximum atomic E-state index is 4.62. The molecule has 0 aliphatic carbocycles. The van der Waals surface area contributed by atoms with Crippen molar-refractivity contribution in [2.45, 2.75) is 19.9 Å². The molecule has 0 bridgehead atoms. The third-order valence-corrected chi connectivity index (χ3v) is 5.64. The Morgan fingerprint density at radius 3 is 2.45 bits per heavy atom. The fourth-order valence-electron chi connectivity index (χ4n) is 4.11. The van der Waals surface area contributed by atoms with E-state index in [1.165, 1.54) is 11.3 Å². The Bertz CT molecular complexity index is 1120. The number of aryl methyl sites for hydroxylation is 1. The van der Waals surface area contributed by atoms with Gasteiger partial charge in [0.25, 0.3) is 0 Å². The number of rotatable bonds is 3. The van der Waals surface area contributed by atoms with Crippen LogP contribution in [0.4, 0.5) is 11.5 Å². The average Bonchev–Trinajstić information content (AvgIpc) is 3.19. The number of anilines is 2. The Morgan fingerprint density at radius 2 is 1.69 bits per heavy atom. The molecule has 1 aliphatic heterocycles. The lowest BCUT2D eigenvalue weighted by Gasteiger charge is -2.42. The number of benzene rings is 2. The Hall–Kier alpha value is -3.41. The molecule has 0 radical (unpaired) electrons. The minimum Gasteiger partial charge on any atom is -0.365 e. The lowest BCUT2D eigenvalue weighted by Crippen LogP contribution is -2.52. The van der Waals surface area contributed by atoms with Crippen LogP contribution in [-0.2, 0) is 0 Å². The molecule has 0 N–H and O–H groups in total. The first-order valence-electron chi connectivity index (χ1n) is 10.0.